The van der Waals surface area contributed by atoms with E-state index in [9.17, 15) is 9.59 Å². The summed E-state index contributed by atoms with van der Waals surface area (Å²) in [6.45, 7) is 3.83. The fourth-order valence-corrected chi connectivity index (χ4v) is 2.54. The van der Waals surface area contributed by atoms with Crippen LogP contribution in [0.4, 0.5) is 4.79 Å². The molecule has 2 aliphatic rings. The molecule has 19 heavy (non-hydrogen) atoms. The van der Waals surface area contributed by atoms with Crippen LogP contribution in [0.3, 0.4) is 0 Å². The van der Waals surface area contributed by atoms with Gasteiger partial charge in [0, 0.05) is 39.2 Å². The molecule has 2 fully saturated rings. The number of urea groups is 1. The van der Waals surface area contributed by atoms with Gasteiger partial charge in [-0.15, -0.1) is 0 Å². The predicted octanol–water partition coefficient (Wildman–Crippen LogP) is -0.549. The first kappa shape index (κ1) is 14.2. The molecule has 0 aromatic rings. The van der Waals surface area contributed by atoms with Gasteiger partial charge < -0.3 is 20.5 Å². The van der Waals surface area contributed by atoms with Gasteiger partial charge in [-0.25, -0.2) is 4.79 Å². The van der Waals surface area contributed by atoms with Crippen LogP contribution in [0.2, 0.25) is 0 Å². The smallest absolute Gasteiger partial charge is 0.325 e. The van der Waals surface area contributed by atoms with Crippen molar-refractivity contribution in [3.63, 3.8) is 0 Å². The lowest BCUT2D eigenvalue weighted by atomic mass is 9.90. The molecule has 0 aromatic carbocycles. The molecule has 108 valence electrons. The maximum atomic E-state index is 12.4. The Kier molecular flexibility index (Phi) is 4.38. The van der Waals surface area contributed by atoms with Crippen molar-refractivity contribution in [1.29, 1.82) is 0 Å². The topological polar surface area (TPSA) is 93.9 Å². The van der Waals surface area contributed by atoms with Gasteiger partial charge in [0.25, 0.3) is 5.91 Å². The average molecular weight is 271 g/mol. The van der Waals surface area contributed by atoms with Gasteiger partial charge in [0.2, 0.25) is 0 Å². The van der Waals surface area contributed by atoms with Crippen LogP contribution in [0, 0.1) is 0 Å². The lowest BCUT2D eigenvalue weighted by Gasteiger charge is -2.30. The molecule has 2 aliphatic heterocycles. The van der Waals surface area contributed by atoms with Crippen molar-refractivity contribution in [3.05, 3.63) is 0 Å². The van der Waals surface area contributed by atoms with Gasteiger partial charge >= 0.3 is 6.03 Å². The highest BCUT2D eigenvalue weighted by atomic mass is 16.5. The summed E-state index contributed by atoms with van der Waals surface area (Å²) in [5, 5.41) is 2.80. The van der Waals surface area contributed by atoms with Crippen LogP contribution in [0.15, 0.2) is 0 Å². The molecule has 1 spiro atoms. The van der Waals surface area contributed by atoms with Gasteiger partial charge in [-0.1, -0.05) is 0 Å². The molecule has 7 nitrogen and oxygen atoms in total. The molecule has 0 aliphatic carbocycles. The minimum Gasteiger partial charge on any atom is -0.381 e. The van der Waals surface area contributed by atoms with Crippen molar-refractivity contribution in [1.82, 2.24) is 10.2 Å². The first-order chi connectivity index (χ1) is 9.13. The SMILES string of the molecule is CCOC(CN)CN1C(=O)NC2(CCOCC2)C1=O. The van der Waals surface area contributed by atoms with Gasteiger partial charge in [-0.05, 0) is 6.92 Å². The maximum Gasteiger partial charge on any atom is 0.325 e. The standard InChI is InChI=1S/C12H21N3O4/c1-2-19-9(7-13)8-15-10(16)12(14-11(15)17)3-5-18-6-4-12/h9H,2-8,13H2,1H3,(H,14,17). The molecule has 3 N–H and O–H groups in total. The van der Waals surface area contributed by atoms with Crippen molar-refractivity contribution < 1.29 is 19.1 Å². The van der Waals surface area contributed by atoms with Gasteiger partial charge in [0.1, 0.15) is 5.54 Å². The number of nitrogens with two attached hydrogens (primary N) is 1. The minimum atomic E-state index is -0.777. The Balaban J connectivity index is 2.05. The summed E-state index contributed by atoms with van der Waals surface area (Å²) in [6, 6.07) is -0.356. The number of amides is 3. The number of rotatable bonds is 5. The molecule has 1 unspecified atom stereocenters. The third kappa shape index (κ3) is 2.72. The zero-order valence-corrected chi connectivity index (χ0v) is 11.2. The van der Waals surface area contributed by atoms with Crippen molar-refractivity contribution in [2.75, 3.05) is 32.9 Å². The van der Waals surface area contributed by atoms with E-state index in [1.54, 1.807) is 0 Å². The molecule has 2 rings (SSSR count). The lowest BCUT2D eigenvalue weighted by molar-refractivity contribution is -0.135. The molecule has 2 saturated heterocycles. The van der Waals surface area contributed by atoms with E-state index in [2.05, 4.69) is 5.32 Å². The van der Waals surface area contributed by atoms with Gasteiger partial charge in [0.05, 0.1) is 12.6 Å². The van der Waals surface area contributed by atoms with E-state index in [4.69, 9.17) is 15.2 Å². The highest BCUT2D eigenvalue weighted by molar-refractivity contribution is 6.07. The number of hydrogen-bond acceptors (Lipinski definition) is 5. The first-order valence-corrected chi connectivity index (χ1v) is 6.66. The molecule has 0 aromatic heterocycles. The van der Waals surface area contributed by atoms with E-state index in [0.717, 1.165) is 0 Å². The second-order valence-electron chi connectivity index (χ2n) is 4.85. The second kappa shape index (κ2) is 5.85. The van der Waals surface area contributed by atoms with E-state index in [1.165, 1.54) is 4.90 Å². The Morgan fingerprint density at radius 1 is 1.47 bits per heavy atom. The molecule has 0 radical (unpaired) electrons. The molecule has 2 heterocycles. The van der Waals surface area contributed by atoms with Crippen LogP contribution in [0.25, 0.3) is 0 Å². The van der Waals surface area contributed by atoms with E-state index >= 15 is 0 Å². The Hall–Kier alpha value is -1.18. The number of imide groups is 1. The van der Waals surface area contributed by atoms with E-state index in [0.29, 0.717) is 32.7 Å². The fourth-order valence-electron chi connectivity index (χ4n) is 2.54. The molecule has 7 heteroatoms. The zero-order valence-electron chi connectivity index (χ0n) is 11.2. The largest absolute Gasteiger partial charge is 0.381 e. The summed E-state index contributed by atoms with van der Waals surface area (Å²) >= 11 is 0. The van der Waals surface area contributed by atoms with Crippen LogP contribution in [0.1, 0.15) is 19.8 Å². The van der Waals surface area contributed by atoms with Crippen LogP contribution < -0.4 is 11.1 Å². The van der Waals surface area contributed by atoms with E-state index in [-0.39, 0.29) is 31.1 Å². The highest BCUT2D eigenvalue weighted by Crippen LogP contribution is 2.28. The van der Waals surface area contributed by atoms with Gasteiger partial charge in [0.15, 0.2) is 0 Å². The number of nitrogens with zero attached hydrogens (tertiary/aromatic N) is 1. The Bertz CT molecular complexity index is 355. The zero-order chi connectivity index (χ0) is 13.9. The summed E-state index contributed by atoms with van der Waals surface area (Å²) in [6.07, 6.45) is 0.737. The summed E-state index contributed by atoms with van der Waals surface area (Å²) < 4.78 is 10.7. The van der Waals surface area contributed by atoms with Crippen molar-refractivity contribution in [2.45, 2.75) is 31.4 Å². The third-order valence-electron chi connectivity index (χ3n) is 3.64. The fraction of sp³-hybridized carbons (Fsp3) is 0.833. The third-order valence-corrected chi connectivity index (χ3v) is 3.64. The van der Waals surface area contributed by atoms with Crippen LogP contribution >= 0.6 is 0 Å². The molecular formula is C12H21N3O4. The van der Waals surface area contributed by atoms with Gasteiger partial charge in [-0.2, -0.15) is 0 Å². The summed E-state index contributed by atoms with van der Waals surface area (Å²) in [7, 11) is 0. The summed E-state index contributed by atoms with van der Waals surface area (Å²) in [5.41, 5.74) is 4.81. The first-order valence-electron chi connectivity index (χ1n) is 6.66. The quantitative estimate of drug-likeness (QED) is 0.654. The van der Waals surface area contributed by atoms with E-state index < -0.39 is 5.54 Å². The molecule has 0 bridgehead atoms. The highest BCUT2D eigenvalue weighted by Gasteiger charge is 2.51. The number of carbonyl (C=O) groups excluding carboxylic acids is 2. The van der Waals surface area contributed by atoms with Crippen LogP contribution in [0.5, 0.6) is 0 Å². The number of ether oxygens (including phenoxy) is 2. The minimum absolute atomic E-state index is 0.182. The Morgan fingerprint density at radius 2 is 2.16 bits per heavy atom. The van der Waals surface area contributed by atoms with E-state index in [1.807, 2.05) is 6.92 Å². The lowest BCUT2D eigenvalue weighted by Crippen LogP contribution is -2.51. The number of hydrogen-bond donors (Lipinski definition) is 2. The Morgan fingerprint density at radius 3 is 2.74 bits per heavy atom. The summed E-state index contributed by atoms with van der Waals surface area (Å²) in [5.74, 6) is -0.182. The molecule has 0 saturated carbocycles. The number of carbonyl (C=O) groups is 2. The number of nitrogens with one attached hydrogen (secondary N) is 1. The molecule has 3 amide bonds. The van der Waals surface area contributed by atoms with Crippen molar-refractivity contribution in [3.8, 4) is 0 Å². The normalized spacial score (nSPS) is 23.8. The predicted molar refractivity (Wildman–Crippen MR) is 67.5 cm³/mol. The summed E-state index contributed by atoms with van der Waals surface area (Å²) in [4.78, 5) is 25.6. The monoisotopic (exact) mass is 271 g/mol. The second-order valence-corrected chi connectivity index (χ2v) is 4.85. The van der Waals surface area contributed by atoms with Crippen LogP contribution in [-0.2, 0) is 14.3 Å². The maximum absolute atomic E-state index is 12.4. The Labute approximate surface area is 112 Å². The molecule has 1 atom stereocenters. The molecular weight excluding hydrogens is 250 g/mol. The average Bonchev–Trinajstić information content (AvgIpc) is 2.63. The van der Waals surface area contributed by atoms with Gasteiger partial charge in [-0.3, -0.25) is 9.69 Å². The van der Waals surface area contributed by atoms with Crippen molar-refractivity contribution in [2.24, 2.45) is 5.73 Å². The van der Waals surface area contributed by atoms with Crippen LogP contribution in [-0.4, -0.2) is 61.4 Å². The van der Waals surface area contributed by atoms with Crippen molar-refractivity contribution >= 4 is 11.9 Å².